The van der Waals surface area contributed by atoms with Gasteiger partial charge in [-0.3, -0.25) is 14.9 Å². The number of non-ortho nitro benzene ring substituents is 1. The topological polar surface area (TPSA) is 128 Å². The number of hydrazone groups is 1. The quantitative estimate of drug-likeness (QED) is 0.393. The molecule has 1 amide bonds. The van der Waals surface area contributed by atoms with Gasteiger partial charge in [-0.1, -0.05) is 41.9 Å². The Kier molecular flexibility index (Phi) is 5.47. The number of carbonyl (C=O) groups excluding carboxylic acids is 1. The lowest BCUT2D eigenvalue weighted by molar-refractivity contribution is -0.384. The summed E-state index contributed by atoms with van der Waals surface area (Å²) in [5.41, 5.74) is 3.23. The Balaban J connectivity index is 1.60. The number of hydrogen-bond donors (Lipinski definition) is 1. The number of benzene rings is 2. The smallest absolute Gasteiger partial charge is 0.270 e. The highest BCUT2D eigenvalue weighted by Crippen LogP contribution is 2.20. The van der Waals surface area contributed by atoms with Crippen LogP contribution in [0.15, 0.2) is 53.6 Å². The second-order valence-electron chi connectivity index (χ2n) is 5.27. The van der Waals surface area contributed by atoms with Gasteiger partial charge in [-0.15, -0.1) is 10.2 Å². The van der Waals surface area contributed by atoms with Crippen molar-refractivity contribution in [3.05, 3.63) is 69.2 Å². The molecule has 2 aromatic carbocycles. The summed E-state index contributed by atoms with van der Waals surface area (Å²) in [6.45, 7) is -0.195. The zero-order valence-corrected chi connectivity index (χ0v) is 14.4. The van der Waals surface area contributed by atoms with E-state index in [0.717, 1.165) is 10.4 Å². The molecule has 0 saturated carbocycles. The SMILES string of the molecule is O=C(Cn1nnc(-c2ccccc2)n1)N/N=C/c1cc([N+](=O)[O-])ccc1Cl. The molecule has 0 aliphatic carbocycles. The Morgan fingerprint density at radius 3 is 2.81 bits per heavy atom. The van der Waals surface area contributed by atoms with E-state index in [9.17, 15) is 14.9 Å². The highest BCUT2D eigenvalue weighted by molar-refractivity contribution is 6.33. The standard InChI is InChI=1S/C16H12ClN7O3/c17-14-7-6-13(24(26)27)8-12(14)9-18-19-15(25)10-23-21-16(20-22-23)11-4-2-1-3-5-11/h1-9H,10H2,(H,19,25)/b18-9+. The van der Waals surface area contributed by atoms with Crippen molar-refractivity contribution in [3.8, 4) is 11.4 Å². The first-order chi connectivity index (χ1) is 13.0. The van der Waals surface area contributed by atoms with Crippen molar-refractivity contribution in [1.29, 1.82) is 0 Å². The fourth-order valence-electron chi connectivity index (χ4n) is 2.09. The van der Waals surface area contributed by atoms with Crippen LogP contribution < -0.4 is 5.43 Å². The molecular weight excluding hydrogens is 374 g/mol. The molecule has 136 valence electrons. The molecule has 0 saturated heterocycles. The van der Waals surface area contributed by atoms with E-state index < -0.39 is 10.8 Å². The lowest BCUT2D eigenvalue weighted by Gasteiger charge is -2.00. The number of nitro groups is 1. The van der Waals surface area contributed by atoms with E-state index in [-0.39, 0.29) is 17.3 Å². The van der Waals surface area contributed by atoms with E-state index >= 15 is 0 Å². The number of nitrogens with one attached hydrogen (secondary N) is 1. The Hall–Kier alpha value is -3.66. The Morgan fingerprint density at radius 1 is 1.30 bits per heavy atom. The van der Waals surface area contributed by atoms with Crippen LogP contribution in [-0.2, 0) is 11.3 Å². The lowest BCUT2D eigenvalue weighted by Crippen LogP contribution is -2.24. The van der Waals surface area contributed by atoms with E-state index in [4.69, 9.17) is 11.6 Å². The molecule has 11 heteroatoms. The lowest BCUT2D eigenvalue weighted by atomic mass is 10.2. The molecule has 0 fully saturated rings. The van der Waals surface area contributed by atoms with Gasteiger partial charge >= 0.3 is 0 Å². The van der Waals surface area contributed by atoms with Crippen molar-refractivity contribution in [2.75, 3.05) is 0 Å². The molecule has 0 atom stereocenters. The van der Waals surface area contributed by atoms with Gasteiger partial charge in [0.25, 0.3) is 11.6 Å². The first-order valence-corrected chi connectivity index (χ1v) is 8.00. The van der Waals surface area contributed by atoms with Gasteiger partial charge in [0.05, 0.1) is 11.1 Å². The minimum absolute atomic E-state index is 0.132. The summed E-state index contributed by atoms with van der Waals surface area (Å²) >= 11 is 5.95. The maximum atomic E-state index is 11.9. The molecule has 0 radical (unpaired) electrons. The van der Waals surface area contributed by atoms with Gasteiger partial charge in [0.1, 0.15) is 6.54 Å². The molecule has 27 heavy (non-hydrogen) atoms. The Morgan fingerprint density at radius 2 is 2.07 bits per heavy atom. The summed E-state index contributed by atoms with van der Waals surface area (Å²) in [7, 11) is 0. The summed E-state index contributed by atoms with van der Waals surface area (Å²) in [4.78, 5) is 23.3. The molecule has 1 aromatic heterocycles. The van der Waals surface area contributed by atoms with Gasteiger partial charge in [0.15, 0.2) is 0 Å². The molecule has 10 nitrogen and oxygen atoms in total. The molecule has 0 spiro atoms. The fraction of sp³-hybridized carbons (Fsp3) is 0.0625. The van der Waals surface area contributed by atoms with E-state index in [0.29, 0.717) is 11.4 Å². The van der Waals surface area contributed by atoms with Crippen LogP contribution in [0.3, 0.4) is 0 Å². The highest BCUT2D eigenvalue weighted by atomic mass is 35.5. The van der Waals surface area contributed by atoms with Crippen molar-refractivity contribution < 1.29 is 9.72 Å². The van der Waals surface area contributed by atoms with Crippen molar-refractivity contribution in [2.45, 2.75) is 6.54 Å². The third kappa shape index (κ3) is 4.70. The molecule has 1 heterocycles. The monoisotopic (exact) mass is 385 g/mol. The van der Waals surface area contributed by atoms with Crippen LogP contribution in [0.4, 0.5) is 5.69 Å². The van der Waals surface area contributed by atoms with Gasteiger partial charge in [-0.05, 0) is 11.3 Å². The van der Waals surface area contributed by atoms with Crippen molar-refractivity contribution in [3.63, 3.8) is 0 Å². The van der Waals surface area contributed by atoms with Gasteiger partial charge in [-0.2, -0.15) is 9.90 Å². The number of carbonyl (C=O) groups is 1. The summed E-state index contributed by atoms with van der Waals surface area (Å²) in [5.74, 6) is -0.0971. The summed E-state index contributed by atoms with van der Waals surface area (Å²) in [6.07, 6.45) is 1.22. The fourth-order valence-corrected chi connectivity index (χ4v) is 2.26. The van der Waals surface area contributed by atoms with E-state index in [1.54, 1.807) is 0 Å². The van der Waals surface area contributed by atoms with E-state index in [2.05, 4.69) is 25.9 Å². The molecule has 1 N–H and O–H groups in total. The largest absolute Gasteiger partial charge is 0.271 e. The van der Waals surface area contributed by atoms with Crippen LogP contribution in [0, 0.1) is 10.1 Å². The number of tetrazole rings is 1. The molecule has 0 aliphatic rings. The first kappa shape index (κ1) is 18.1. The van der Waals surface area contributed by atoms with Crippen LogP contribution in [-0.4, -0.2) is 37.3 Å². The summed E-state index contributed by atoms with van der Waals surface area (Å²) < 4.78 is 0. The minimum Gasteiger partial charge on any atom is -0.271 e. The summed E-state index contributed by atoms with van der Waals surface area (Å²) in [6, 6.07) is 13.1. The Labute approximate surface area is 157 Å². The number of amides is 1. The van der Waals surface area contributed by atoms with Crippen molar-refractivity contribution >= 4 is 29.4 Å². The number of halogens is 1. The highest BCUT2D eigenvalue weighted by Gasteiger charge is 2.10. The number of rotatable bonds is 6. The Bertz CT molecular complexity index is 1000. The zero-order valence-electron chi connectivity index (χ0n) is 13.7. The average molecular weight is 386 g/mol. The third-order valence-electron chi connectivity index (χ3n) is 3.35. The van der Waals surface area contributed by atoms with Gasteiger partial charge in [-0.25, -0.2) is 5.43 Å². The second-order valence-corrected chi connectivity index (χ2v) is 5.67. The van der Waals surface area contributed by atoms with Crippen LogP contribution in [0.2, 0.25) is 5.02 Å². The van der Waals surface area contributed by atoms with Gasteiger partial charge in [0, 0.05) is 28.3 Å². The first-order valence-electron chi connectivity index (χ1n) is 7.62. The predicted octanol–water partition coefficient (Wildman–Crippen LogP) is 2.05. The molecule has 0 aliphatic heterocycles. The van der Waals surface area contributed by atoms with Gasteiger partial charge < -0.3 is 0 Å². The van der Waals surface area contributed by atoms with Crippen LogP contribution in [0.5, 0.6) is 0 Å². The van der Waals surface area contributed by atoms with Crippen molar-refractivity contribution in [1.82, 2.24) is 25.6 Å². The number of hydrogen-bond acceptors (Lipinski definition) is 7. The number of nitro benzene ring substituents is 1. The number of aromatic nitrogens is 4. The normalized spacial score (nSPS) is 10.9. The van der Waals surface area contributed by atoms with Crippen LogP contribution in [0.25, 0.3) is 11.4 Å². The predicted molar refractivity (Wildman–Crippen MR) is 97.1 cm³/mol. The van der Waals surface area contributed by atoms with Crippen molar-refractivity contribution in [2.24, 2.45) is 5.10 Å². The average Bonchev–Trinajstić information content (AvgIpc) is 3.12. The molecule has 3 aromatic rings. The maximum absolute atomic E-state index is 11.9. The summed E-state index contributed by atoms with van der Waals surface area (Å²) in [5, 5.41) is 26.6. The van der Waals surface area contributed by atoms with E-state index in [1.807, 2.05) is 30.3 Å². The number of nitrogens with zero attached hydrogens (tertiary/aromatic N) is 6. The second kappa shape index (κ2) is 8.15. The molecule has 0 unspecified atom stereocenters. The molecule has 3 rings (SSSR count). The van der Waals surface area contributed by atoms with Crippen LogP contribution >= 0.6 is 11.6 Å². The zero-order chi connectivity index (χ0) is 19.2. The maximum Gasteiger partial charge on any atom is 0.270 e. The molecular formula is C16H12ClN7O3. The van der Waals surface area contributed by atoms with Crippen LogP contribution in [0.1, 0.15) is 5.56 Å². The van der Waals surface area contributed by atoms with E-state index in [1.165, 1.54) is 24.4 Å². The van der Waals surface area contributed by atoms with Gasteiger partial charge in [0.2, 0.25) is 5.82 Å². The minimum atomic E-state index is -0.549. The molecule has 0 bridgehead atoms. The third-order valence-corrected chi connectivity index (χ3v) is 3.70.